The van der Waals surface area contributed by atoms with Gasteiger partial charge in [0, 0.05) is 37.5 Å². The number of aromatic nitrogens is 2. The Morgan fingerprint density at radius 3 is 2.68 bits per heavy atom. The van der Waals surface area contributed by atoms with E-state index in [0.29, 0.717) is 0 Å². The molecule has 0 saturated carbocycles. The summed E-state index contributed by atoms with van der Waals surface area (Å²) in [6.45, 7) is 3.98. The first-order valence-electron chi connectivity index (χ1n) is 10.1. The predicted molar refractivity (Wildman–Crippen MR) is 108 cm³/mol. The van der Waals surface area contributed by atoms with Gasteiger partial charge in [-0.15, -0.1) is 0 Å². The van der Waals surface area contributed by atoms with Crippen molar-refractivity contribution in [1.29, 1.82) is 0 Å². The number of fused-ring (bicyclic) bond motifs is 1. The number of nitrogens with zero attached hydrogens (tertiary/aromatic N) is 4. The molecule has 148 valence electrons. The van der Waals surface area contributed by atoms with E-state index in [1.165, 1.54) is 6.92 Å². The second kappa shape index (κ2) is 7.73. The molecular formula is C21H27N5O2. The molecule has 2 amide bonds. The van der Waals surface area contributed by atoms with E-state index in [2.05, 4.69) is 26.3 Å². The van der Waals surface area contributed by atoms with Crippen molar-refractivity contribution in [2.45, 2.75) is 44.6 Å². The highest BCUT2D eigenvalue weighted by Gasteiger charge is 2.43. The molecular weight excluding hydrogens is 354 g/mol. The molecule has 0 bridgehead atoms. The van der Waals surface area contributed by atoms with Gasteiger partial charge in [-0.1, -0.05) is 12.1 Å². The molecule has 0 aliphatic carbocycles. The van der Waals surface area contributed by atoms with Crippen LogP contribution in [-0.4, -0.2) is 58.4 Å². The monoisotopic (exact) mass is 381 g/mol. The Balaban J connectivity index is 1.55. The summed E-state index contributed by atoms with van der Waals surface area (Å²) in [7, 11) is 0. The number of nitrogens with one attached hydrogen (secondary N) is 1. The number of benzene rings is 1. The van der Waals surface area contributed by atoms with Crippen LogP contribution in [0, 0.1) is 0 Å². The summed E-state index contributed by atoms with van der Waals surface area (Å²) in [6, 6.07) is 8.16. The normalized spacial score (nSPS) is 22.5. The highest BCUT2D eigenvalue weighted by molar-refractivity contribution is 5.89. The van der Waals surface area contributed by atoms with Crippen LogP contribution in [0.5, 0.6) is 0 Å². The van der Waals surface area contributed by atoms with Gasteiger partial charge in [-0.3, -0.25) is 9.59 Å². The quantitative estimate of drug-likeness (QED) is 0.881. The first-order valence-corrected chi connectivity index (χ1v) is 10.1. The van der Waals surface area contributed by atoms with E-state index in [1.807, 2.05) is 23.1 Å². The Morgan fingerprint density at radius 1 is 1.07 bits per heavy atom. The highest BCUT2D eigenvalue weighted by atomic mass is 16.2. The van der Waals surface area contributed by atoms with E-state index >= 15 is 0 Å². The molecule has 3 heterocycles. The number of likely N-dealkylation sites (tertiary alicyclic amines) is 1. The third kappa shape index (κ3) is 3.53. The van der Waals surface area contributed by atoms with E-state index in [4.69, 9.17) is 0 Å². The van der Waals surface area contributed by atoms with Crippen molar-refractivity contribution in [2.24, 2.45) is 0 Å². The number of hydrogen-bond donors (Lipinski definition) is 1. The van der Waals surface area contributed by atoms with Crippen molar-refractivity contribution in [3.8, 4) is 0 Å². The summed E-state index contributed by atoms with van der Waals surface area (Å²) >= 11 is 0. The van der Waals surface area contributed by atoms with Gasteiger partial charge in [0.1, 0.15) is 12.1 Å². The summed E-state index contributed by atoms with van der Waals surface area (Å²) in [5.74, 6) is 0.850. The fraction of sp³-hybridized carbons (Fsp3) is 0.524. The molecule has 1 atom stereocenters. The third-order valence-electron chi connectivity index (χ3n) is 6.13. The predicted octanol–water partition coefficient (Wildman–Crippen LogP) is 2.12. The standard InChI is InChI=1S/C21H27N5O2/c1-16(27)22-14-19(28)25-11-4-8-21(10-13-25)9-5-12-26(21)20-17-6-2-3-7-18(17)23-15-24-20/h2-3,6-7,15H,4-5,8-14H2,1H3,(H,22,27)/t21-/m0/s1. The first-order chi connectivity index (χ1) is 13.6. The van der Waals surface area contributed by atoms with E-state index < -0.39 is 0 Å². The minimum atomic E-state index is -0.169. The van der Waals surface area contributed by atoms with Crippen LogP contribution in [0.25, 0.3) is 10.9 Å². The van der Waals surface area contributed by atoms with Crippen molar-refractivity contribution >= 4 is 28.5 Å². The van der Waals surface area contributed by atoms with E-state index in [9.17, 15) is 9.59 Å². The number of carbonyl (C=O) groups is 2. The molecule has 2 saturated heterocycles. The number of hydrogen-bond acceptors (Lipinski definition) is 5. The Morgan fingerprint density at radius 2 is 1.86 bits per heavy atom. The minimum absolute atomic E-state index is 0.00397. The van der Waals surface area contributed by atoms with Crippen LogP contribution in [0.15, 0.2) is 30.6 Å². The first kappa shape index (κ1) is 18.7. The lowest BCUT2D eigenvalue weighted by molar-refractivity contribution is -0.132. The van der Waals surface area contributed by atoms with Crippen molar-refractivity contribution in [1.82, 2.24) is 20.2 Å². The van der Waals surface area contributed by atoms with Gasteiger partial charge >= 0.3 is 0 Å². The number of rotatable bonds is 3. The van der Waals surface area contributed by atoms with Gasteiger partial charge in [0.15, 0.2) is 0 Å². The average Bonchev–Trinajstić information content (AvgIpc) is 2.98. The van der Waals surface area contributed by atoms with Gasteiger partial charge in [-0.2, -0.15) is 0 Å². The van der Waals surface area contributed by atoms with Gasteiger partial charge in [0.25, 0.3) is 0 Å². The average molecular weight is 381 g/mol. The Labute approximate surface area is 165 Å². The lowest BCUT2D eigenvalue weighted by atomic mass is 9.87. The molecule has 7 heteroatoms. The molecule has 2 aromatic rings. The Kier molecular flexibility index (Phi) is 5.15. The molecule has 1 spiro atoms. The third-order valence-corrected chi connectivity index (χ3v) is 6.13. The maximum absolute atomic E-state index is 12.5. The molecule has 28 heavy (non-hydrogen) atoms. The summed E-state index contributed by atoms with van der Waals surface area (Å²) in [4.78, 5) is 37.0. The fourth-order valence-electron chi connectivity index (χ4n) is 4.73. The number of para-hydroxylation sites is 1. The van der Waals surface area contributed by atoms with Crippen molar-refractivity contribution in [3.05, 3.63) is 30.6 Å². The lowest BCUT2D eigenvalue weighted by Crippen LogP contribution is -2.46. The summed E-state index contributed by atoms with van der Waals surface area (Å²) in [5.41, 5.74) is 1.01. The molecule has 4 rings (SSSR count). The van der Waals surface area contributed by atoms with Gasteiger partial charge < -0.3 is 15.1 Å². The van der Waals surface area contributed by atoms with Crippen LogP contribution >= 0.6 is 0 Å². The van der Waals surface area contributed by atoms with E-state index in [1.54, 1.807) is 6.33 Å². The SMILES string of the molecule is CC(=O)NCC(=O)N1CCC[C@]2(CCCN2c2ncnc3ccccc23)CC1. The minimum Gasteiger partial charge on any atom is -0.350 e. The van der Waals surface area contributed by atoms with Crippen LogP contribution in [0.4, 0.5) is 5.82 Å². The molecule has 2 aliphatic rings. The molecule has 0 unspecified atom stereocenters. The molecule has 1 N–H and O–H groups in total. The largest absolute Gasteiger partial charge is 0.350 e. The zero-order valence-electron chi connectivity index (χ0n) is 16.4. The smallest absolute Gasteiger partial charge is 0.241 e. The maximum atomic E-state index is 12.5. The lowest BCUT2D eigenvalue weighted by Gasteiger charge is -2.39. The van der Waals surface area contributed by atoms with Crippen molar-refractivity contribution in [2.75, 3.05) is 31.1 Å². The van der Waals surface area contributed by atoms with E-state index in [-0.39, 0.29) is 23.9 Å². The molecule has 1 aromatic carbocycles. The zero-order chi connectivity index (χ0) is 19.6. The number of carbonyl (C=O) groups excluding carboxylic acids is 2. The molecule has 2 fully saturated rings. The van der Waals surface area contributed by atoms with Crippen LogP contribution in [0.1, 0.15) is 39.0 Å². The number of amides is 2. The highest BCUT2D eigenvalue weighted by Crippen LogP contribution is 2.42. The molecule has 1 aromatic heterocycles. The Hall–Kier alpha value is -2.70. The van der Waals surface area contributed by atoms with E-state index in [0.717, 1.165) is 68.5 Å². The second-order valence-corrected chi connectivity index (χ2v) is 7.84. The zero-order valence-corrected chi connectivity index (χ0v) is 16.4. The summed E-state index contributed by atoms with van der Waals surface area (Å²) in [6.07, 6.45) is 6.86. The second-order valence-electron chi connectivity index (χ2n) is 7.84. The maximum Gasteiger partial charge on any atom is 0.241 e. The molecule has 7 nitrogen and oxygen atoms in total. The van der Waals surface area contributed by atoms with Crippen LogP contribution in [0.2, 0.25) is 0 Å². The summed E-state index contributed by atoms with van der Waals surface area (Å²) in [5, 5.41) is 3.71. The van der Waals surface area contributed by atoms with Gasteiger partial charge in [-0.05, 0) is 44.2 Å². The van der Waals surface area contributed by atoms with Crippen LogP contribution in [0.3, 0.4) is 0 Å². The van der Waals surface area contributed by atoms with Gasteiger partial charge in [0.2, 0.25) is 11.8 Å². The van der Waals surface area contributed by atoms with Crippen molar-refractivity contribution < 1.29 is 9.59 Å². The molecule has 2 aliphatic heterocycles. The summed E-state index contributed by atoms with van der Waals surface area (Å²) < 4.78 is 0. The number of anilines is 1. The Bertz CT molecular complexity index is 881. The topological polar surface area (TPSA) is 78.4 Å². The van der Waals surface area contributed by atoms with Gasteiger partial charge in [-0.25, -0.2) is 9.97 Å². The van der Waals surface area contributed by atoms with Gasteiger partial charge in [0.05, 0.1) is 12.1 Å². The van der Waals surface area contributed by atoms with Crippen molar-refractivity contribution in [3.63, 3.8) is 0 Å². The van der Waals surface area contributed by atoms with Crippen LogP contribution < -0.4 is 10.2 Å². The fourth-order valence-corrected chi connectivity index (χ4v) is 4.73. The molecule has 0 radical (unpaired) electrons. The van der Waals surface area contributed by atoms with Crippen LogP contribution in [-0.2, 0) is 9.59 Å².